The molecule has 1 atom stereocenters. The highest BCUT2D eigenvalue weighted by atomic mass is 16.4. The van der Waals surface area contributed by atoms with E-state index in [0.717, 1.165) is 6.08 Å². The van der Waals surface area contributed by atoms with Gasteiger partial charge in [-0.2, -0.15) is 0 Å². The number of carboxylic acids is 2. The highest BCUT2D eigenvalue weighted by Crippen LogP contribution is 2.02. The molecule has 78 valence electrons. The van der Waals surface area contributed by atoms with Gasteiger partial charge in [0.05, 0.1) is 5.92 Å². The summed E-state index contributed by atoms with van der Waals surface area (Å²) in [5, 5.41) is 16.7. The van der Waals surface area contributed by atoms with E-state index in [0.29, 0.717) is 0 Å². The largest absolute Gasteiger partial charge is 0.481 e. The van der Waals surface area contributed by atoms with Gasteiger partial charge in [-0.05, 0) is 12.5 Å². The summed E-state index contributed by atoms with van der Waals surface area (Å²) < 4.78 is 0. The Morgan fingerprint density at radius 1 is 1.29 bits per heavy atom. The molecule has 1 unspecified atom stereocenters. The van der Waals surface area contributed by atoms with Crippen LogP contribution in [0.4, 0.5) is 0 Å². The lowest BCUT2D eigenvalue weighted by molar-refractivity contribution is -0.141. The zero-order chi connectivity index (χ0) is 11.1. The monoisotopic (exact) mass is 200 g/mol. The van der Waals surface area contributed by atoms with E-state index < -0.39 is 30.1 Å². The Morgan fingerprint density at radius 2 is 1.86 bits per heavy atom. The first-order valence-corrected chi connectivity index (χ1v) is 4.07. The minimum atomic E-state index is -1.19. The summed E-state index contributed by atoms with van der Waals surface area (Å²) in [6.07, 6.45) is 2.15. The summed E-state index contributed by atoms with van der Waals surface area (Å²) in [6.45, 7) is 1.51. The fraction of sp³-hybridized carbons (Fsp3) is 0.444. The summed E-state index contributed by atoms with van der Waals surface area (Å²) in [7, 11) is 0. The molecule has 5 nitrogen and oxygen atoms in total. The summed E-state index contributed by atoms with van der Waals surface area (Å²) in [5.41, 5.74) is 0. The smallest absolute Gasteiger partial charge is 0.311 e. The second-order valence-corrected chi connectivity index (χ2v) is 2.91. The maximum atomic E-state index is 10.8. The Morgan fingerprint density at radius 3 is 2.29 bits per heavy atom. The Labute approximate surface area is 81.0 Å². The van der Waals surface area contributed by atoms with Crippen molar-refractivity contribution < 1.29 is 24.6 Å². The molecule has 0 aromatic carbocycles. The average Bonchev–Trinajstić information content (AvgIpc) is 2.02. The van der Waals surface area contributed by atoms with Crippen molar-refractivity contribution in [3.8, 4) is 0 Å². The van der Waals surface area contributed by atoms with Gasteiger partial charge in [0, 0.05) is 0 Å². The molecule has 0 amide bonds. The second kappa shape index (κ2) is 5.90. The maximum Gasteiger partial charge on any atom is 0.311 e. The molecular weight excluding hydrogens is 188 g/mol. The molecule has 0 bridgehead atoms. The molecule has 0 heterocycles. The van der Waals surface area contributed by atoms with Crippen LogP contribution in [0.5, 0.6) is 0 Å². The van der Waals surface area contributed by atoms with Crippen LogP contribution in [0.3, 0.4) is 0 Å². The van der Waals surface area contributed by atoms with Gasteiger partial charge in [-0.3, -0.25) is 14.4 Å². The van der Waals surface area contributed by atoms with Crippen LogP contribution in [-0.2, 0) is 14.4 Å². The fourth-order valence-electron chi connectivity index (χ4n) is 0.712. The number of carbonyl (C=O) groups is 3. The molecule has 0 aromatic rings. The van der Waals surface area contributed by atoms with Crippen LogP contribution in [0.1, 0.15) is 19.8 Å². The Bertz CT molecular complexity index is 266. The first-order valence-electron chi connectivity index (χ1n) is 4.07. The number of carboxylic acid groups (broad SMARTS) is 2. The number of allylic oxidation sites excluding steroid dienone is 2. The predicted molar refractivity (Wildman–Crippen MR) is 47.8 cm³/mol. The van der Waals surface area contributed by atoms with Crippen LogP contribution in [0.2, 0.25) is 0 Å². The molecule has 0 saturated carbocycles. The number of hydrogen-bond donors (Lipinski definition) is 2. The Kier molecular flexibility index (Phi) is 5.21. The molecule has 14 heavy (non-hydrogen) atoms. The molecular formula is C9H12O5. The van der Waals surface area contributed by atoms with Crippen molar-refractivity contribution in [2.45, 2.75) is 19.8 Å². The number of hydrogen-bond acceptors (Lipinski definition) is 3. The quantitative estimate of drug-likeness (QED) is 0.486. The lowest BCUT2D eigenvalue weighted by Gasteiger charge is -1.99. The average molecular weight is 200 g/mol. The van der Waals surface area contributed by atoms with E-state index in [1.165, 1.54) is 13.0 Å². The topological polar surface area (TPSA) is 91.7 Å². The van der Waals surface area contributed by atoms with E-state index in [1.54, 1.807) is 0 Å². The van der Waals surface area contributed by atoms with E-state index in [4.69, 9.17) is 10.2 Å². The van der Waals surface area contributed by atoms with Crippen LogP contribution in [-0.4, -0.2) is 27.9 Å². The molecule has 0 aliphatic carbocycles. The lowest BCUT2D eigenvalue weighted by Crippen LogP contribution is -2.08. The maximum absolute atomic E-state index is 10.8. The number of aliphatic carboxylic acids is 2. The van der Waals surface area contributed by atoms with Gasteiger partial charge in [0.15, 0.2) is 5.78 Å². The highest BCUT2D eigenvalue weighted by Gasteiger charge is 2.08. The summed E-state index contributed by atoms with van der Waals surface area (Å²) in [4.78, 5) is 31.2. The first kappa shape index (κ1) is 12.3. The molecule has 0 saturated heterocycles. The van der Waals surface area contributed by atoms with Crippen molar-refractivity contribution in [2.75, 3.05) is 0 Å². The molecule has 0 fully saturated rings. The standard InChI is InChI=1S/C9H12O5/c1-6(9(13)14)3-2-4-7(10)5-8(11)12/h2,4,6H,3,5H2,1H3,(H,11,12)(H,13,14). The number of rotatable bonds is 6. The molecule has 2 N–H and O–H groups in total. The van der Waals surface area contributed by atoms with Gasteiger partial charge < -0.3 is 10.2 Å². The van der Waals surface area contributed by atoms with Crippen molar-refractivity contribution >= 4 is 17.7 Å². The van der Waals surface area contributed by atoms with E-state index in [1.807, 2.05) is 0 Å². The molecule has 0 aliphatic heterocycles. The van der Waals surface area contributed by atoms with Gasteiger partial charge in [0.2, 0.25) is 0 Å². The van der Waals surface area contributed by atoms with E-state index in [9.17, 15) is 14.4 Å². The van der Waals surface area contributed by atoms with Crippen molar-refractivity contribution in [1.82, 2.24) is 0 Å². The molecule has 0 aliphatic rings. The van der Waals surface area contributed by atoms with Crippen LogP contribution < -0.4 is 0 Å². The van der Waals surface area contributed by atoms with E-state index >= 15 is 0 Å². The van der Waals surface area contributed by atoms with Gasteiger partial charge in [0.1, 0.15) is 6.42 Å². The summed E-state index contributed by atoms with van der Waals surface area (Å²) >= 11 is 0. The lowest BCUT2D eigenvalue weighted by atomic mass is 10.1. The molecule has 0 aromatic heterocycles. The summed E-state index contributed by atoms with van der Waals surface area (Å²) in [6, 6.07) is 0. The van der Waals surface area contributed by atoms with Gasteiger partial charge in [-0.25, -0.2) is 0 Å². The molecule has 0 spiro atoms. The Balaban J connectivity index is 3.88. The van der Waals surface area contributed by atoms with Gasteiger partial charge in [0.25, 0.3) is 0 Å². The van der Waals surface area contributed by atoms with Crippen molar-refractivity contribution in [2.24, 2.45) is 5.92 Å². The fourth-order valence-corrected chi connectivity index (χ4v) is 0.712. The third-order valence-corrected chi connectivity index (χ3v) is 1.54. The number of ketones is 1. The van der Waals surface area contributed by atoms with Crippen molar-refractivity contribution in [1.29, 1.82) is 0 Å². The number of carbonyl (C=O) groups excluding carboxylic acids is 1. The van der Waals surface area contributed by atoms with Crippen molar-refractivity contribution in [3.05, 3.63) is 12.2 Å². The summed E-state index contributed by atoms with van der Waals surface area (Å²) in [5.74, 6) is -3.23. The molecule has 5 heteroatoms. The minimum absolute atomic E-state index is 0.223. The van der Waals surface area contributed by atoms with Crippen LogP contribution >= 0.6 is 0 Å². The third kappa shape index (κ3) is 5.93. The highest BCUT2D eigenvalue weighted by molar-refractivity contribution is 6.01. The van der Waals surface area contributed by atoms with Crippen LogP contribution in [0.25, 0.3) is 0 Å². The van der Waals surface area contributed by atoms with Crippen LogP contribution in [0, 0.1) is 5.92 Å². The first-order chi connectivity index (χ1) is 6.43. The minimum Gasteiger partial charge on any atom is -0.481 e. The van der Waals surface area contributed by atoms with E-state index in [-0.39, 0.29) is 6.42 Å². The molecule has 0 radical (unpaired) electrons. The van der Waals surface area contributed by atoms with Crippen LogP contribution in [0.15, 0.2) is 12.2 Å². The Hall–Kier alpha value is -1.65. The third-order valence-electron chi connectivity index (χ3n) is 1.54. The van der Waals surface area contributed by atoms with E-state index in [2.05, 4.69) is 0 Å². The zero-order valence-corrected chi connectivity index (χ0v) is 7.77. The SMILES string of the molecule is CC(CC=CC(=O)CC(=O)O)C(=O)O. The zero-order valence-electron chi connectivity index (χ0n) is 7.77. The van der Waals surface area contributed by atoms with Crippen molar-refractivity contribution in [3.63, 3.8) is 0 Å². The normalized spacial score (nSPS) is 12.6. The second-order valence-electron chi connectivity index (χ2n) is 2.91. The van der Waals surface area contributed by atoms with Gasteiger partial charge in [-0.15, -0.1) is 0 Å². The predicted octanol–water partition coefficient (Wildman–Crippen LogP) is 0.697. The molecule has 0 rings (SSSR count). The van der Waals surface area contributed by atoms with Gasteiger partial charge >= 0.3 is 11.9 Å². The van der Waals surface area contributed by atoms with Gasteiger partial charge in [-0.1, -0.05) is 13.0 Å².